The number of alkyl halides is 1. The molecule has 0 aliphatic carbocycles. The SMILES string of the molecule is Cc1ccc(C(=O)NC(C)(CBr)c2ccccc2)cc1Cl. The fourth-order valence-electron chi connectivity index (χ4n) is 2.05. The van der Waals surface area contributed by atoms with Crippen LogP contribution in [0.25, 0.3) is 0 Å². The zero-order valence-electron chi connectivity index (χ0n) is 12.0. The Kier molecular flexibility index (Phi) is 5.07. The zero-order valence-corrected chi connectivity index (χ0v) is 14.3. The van der Waals surface area contributed by atoms with Gasteiger partial charge in [0.1, 0.15) is 0 Å². The molecule has 0 saturated heterocycles. The van der Waals surface area contributed by atoms with Crippen molar-refractivity contribution < 1.29 is 4.79 Å². The summed E-state index contributed by atoms with van der Waals surface area (Å²) in [7, 11) is 0. The molecule has 1 atom stereocenters. The van der Waals surface area contributed by atoms with E-state index in [1.54, 1.807) is 12.1 Å². The Balaban J connectivity index is 2.26. The van der Waals surface area contributed by atoms with Gasteiger partial charge in [-0.3, -0.25) is 4.79 Å². The highest BCUT2D eigenvalue weighted by atomic mass is 79.9. The normalized spacial score (nSPS) is 13.5. The van der Waals surface area contributed by atoms with Crippen LogP contribution in [0.15, 0.2) is 48.5 Å². The number of hydrogen-bond donors (Lipinski definition) is 1. The topological polar surface area (TPSA) is 29.1 Å². The van der Waals surface area contributed by atoms with E-state index in [1.165, 1.54) is 0 Å². The van der Waals surface area contributed by atoms with Crippen molar-refractivity contribution in [2.75, 3.05) is 5.33 Å². The number of rotatable bonds is 4. The molecule has 2 nitrogen and oxygen atoms in total. The number of hydrogen-bond acceptors (Lipinski definition) is 1. The van der Waals surface area contributed by atoms with E-state index in [1.807, 2.05) is 50.2 Å². The lowest BCUT2D eigenvalue weighted by molar-refractivity contribution is 0.0914. The molecule has 4 heteroatoms. The lowest BCUT2D eigenvalue weighted by atomic mass is 9.94. The molecule has 2 rings (SSSR count). The maximum atomic E-state index is 12.5. The van der Waals surface area contributed by atoms with E-state index in [4.69, 9.17) is 11.6 Å². The summed E-state index contributed by atoms with van der Waals surface area (Å²) in [6, 6.07) is 15.2. The van der Waals surface area contributed by atoms with Gasteiger partial charge in [0, 0.05) is 15.9 Å². The highest BCUT2D eigenvalue weighted by Gasteiger charge is 2.27. The third-order valence-electron chi connectivity index (χ3n) is 3.50. The van der Waals surface area contributed by atoms with Gasteiger partial charge in [-0.25, -0.2) is 0 Å². The molecule has 1 amide bonds. The number of amides is 1. The molecule has 0 spiro atoms. The van der Waals surface area contributed by atoms with Gasteiger partial charge in [-0.2, -0.15) is 0 Å². The van der Waals surface area contributed by atoms with Crippen LogP contribution in [0.1, 0.15) is 28.4 Å². The average Bonchev–Trinajstić information content (AvgIpc) is 2.50. The average molecular weight is 367 g/mol. The van der Waals surface area contributed by atoms with Crippen molar-refractivity contribution in [1.82, 2.24) is 5.32 Å². The Hall–Kier alpha value is -1.32. The monoisotopic (exact) mass is 365 g/mol. The van der Waals surface area contributed by atoms with Crippen molar-refractivity contribution in [2.45, 2.75) is 19.4 Å². The Labute approximate surface area is 138 Å². The van der Waals surface area contributed by atoms with Crippen LogP contribution in [0.3, 0.4) is 0 Å². The van der Waals surface area contributed by atoms with Crippen molar-refractivity contribution in [3.05, 3.63) is 70.2 Å². The van der Waals surface area contributed by atoms with Gasteiger partial charge in [0.15, 0.2) is 0 Å². The first-order chi connectivity index (χ1) is 9.96. The molecule has 0 heterocycles. The third kappa shape index (κ3) is 3.66. The molecule has 2 aromatic rings. The fourth-order valence-corrected chi connectivity index (χ4v) is 2.69. The summed E-state index contributed by atoms with van der Waals surface area (Å²) >= 11 is 9.59. The third-order valence-corrected chi connectivity index (χ3v) is 5.03. The maximum absolute atomic E-state index is 12.5. The van der Waals surface area contributed by atoms with Gasteiger partial charge in [0.25, 0.3) is 5.91 Å². The van der Waals surface area contributed by atoms with E-state index >= 15 is 0 Å². The lowest BCUT2D eigenvalue weighted by Gasteiger charge is -2.29. The minimum atomic E-state index is -0.476. The molecule has 1 N–H and O–H groups in total. The first-order valence-corrected chi connectivity index (χ1v) is 8.16. The summed E-state index contributed by atoms with van der Waals surface area (Å²) in [5.74, 6) is -0.136. The van der Waals surface area contributed by atoms with Crippen LogP contribution in [0.4, 0.5) is 0 Å². The van der Waals surface area contributed by atoms with Crippen LogP contribution in [0, 0.1) is 6.92 Å². The molecule has 0 bridgehead atoms. The molecule has 0 aliphatic rings. The van der Waals surface area contributed by atoms with Crippen molar-refractivity contribution >= 4 is 33.4 Å². The number of aryl methyl sites for hydroxylation is 1. The largest absolute Gasteiger partial charge is 0.342 e. The van der Waals surface area contributed by atoms with Crippen LogP contribution in [0.2, 0.25) is 5.02 Å². The maximum Gasteiger partial charge on any atom is 0.252 e. The Morgan fingerprint density at radius 3 is 2.48 bits per heavy atom. The second-order valence-corrected chi connectivity index (χ2v) is 6.22. The molecular weight excluding hydrogens is 350 g/mol. The van der Waals surface area contributed by atoms with Crippen LogP contribution >= 0.6 is 27.5 Å². The number of carbonyl (C=O) groups is 1. The summed E-state index contributed by atoms with van der Waals surface area (Å²) in [5.41, 5.74) is 2.09. The number of carbonyl (C=O) groups excluding carboxylic acids is 1. The van der Waals surface area contributed by atoms with E-state index in [0.29, 0.717) is 15.9 Å². The summed E-state index contributed by atoms with van der Waals surface area (Å²) in [4.78, 5) is 12.5. The van der Waals surface area contributed by atoms with Crippen molar-refractivity contribution in [2.24, 2.45) is 0 Å². The second kappa shape index (κ2) is 6.63. The van der Waals surface area contributed by atoms with E-state index in [0.717, 1.165) is 11.1 Å². The van der Waals surface area contributed by atoms with Gasteiger partial charge in [-0.1, -0.05) is 63.9 Å². The number of benzene rings is 2. The van der Waals surface area contributed by atoms with Gasteiger partial charge >= 0.3 is 0 Å². The minimum Gasteiger partial charge on any atom is -0.342 e. The summed E-state index contributed by atoms with van der Waals surface area (Å²) in [6.07, 6.45) is 0. The van der Waals surface area contributed by atoms with Gasteiger partial charge in [0.05, 0.1) is 5.54 Å². The molecule has 0 radical (unpaired) electrons. The lowest BCUT2D eigenvalue weighted by Crippen LogP contribution is -2.44. The molecule has 21 heavy (non-hydrogen) atoms. The predicted octanol–water partition coefficient (Wildman–Crippen LogP) is 4.69. The molecular formula is C17H17BrClNO. The second-order valence-electron chi connectivity index (χ2n) is 5.25. The van der Waals surface area contributed by atoms with E-state index in [2.05, 4.69) is 21.2 Å². The van der Waals surface area contributed by atoms with E-state index < -0.39 is 5.54 Å². The molecule has 0 saturated carbocycles. The first kappa shape index (κ1) is 16.1. The van der Waals surface area contributed by atoms with Gasteiger partial charge in [0.2, 0.25) is 0 Å². The van der Waals surface area contributed by atoms with Crippen LogP contribution in [-0.4, -0.2) is 11.2 Å². The Morgan fingerprint density at radius 2 is 1.90 bits per heavy atom. The van der Waals surface area contributed by atoms with Crippen LogP contribution in [-0.2, 0) is 5.54 Å². The summed E-state index contributed by atoms with van der Waals surface area (Å²) in [6.45, 7) is 3.90. The smallest absolute Gasteiger partial charge is 0.252 e. The molecule has 110 valence electrons. The predicted molar refractivity (Wildman–Crippen MR) is 91.2 cm³/mol. The first-order valence-electron chi connectivity index (χ1n) is 6.66. The molecule has 0 aliphatic heterocycles. The van der Waals surface area contributed by atoms with Crippen molar-refractivity contribution in [3.63, 3.8) is 0 Å². The van der Waals surface area contributed by atoms with Crippen molar-refractivity contribution in [1.29, 1.82) is 0 Å². The van der Waals surface area contributed by atoms with Gasteiger partial charge in [-0.15, -0.1) is 0 Å². The number of nitrogens with one attached hydrogen (secondary N) is 1. The van der Waals surface area contributed by atoms with E-state index in [9.17, 15) is 4.79 Å². The summed E-state index contributed by atoms with van der Waals surface area (Å²) < 4.78 is 0. The van der Waals surface area contributed by atoms with E-state index in [-0.39, 0.29) is 5.91 Å². The van der Waals surface area contributed by atoms with Crippen molar-refractivity contribution in [3.8, 4) is 0 Å². The Bertz CT molecular complexity index is 644. The van der Waals surface area contributed by atoms with Gasteiger partial charge < -0.3 is 5.32 Å². The number of halogens is 2. The highest BCUT2D eigenvalue weighted by molar-refractivity contribution is 9.09. The molecule has 0 fully saturated rings. The van der Waals surface area contributed by atoms with Crippen LogP contribution in [0.5, 0.6) is 0 Å². The zero-order chi connectivity index (χ0) is 15.5. The quantitative estimate of drug-likeness (QED) is 0.782. The molecule has 0 aromatic heterocycles. The Morgan fingerprint density at radius 1 is 1.24 bits per heavy atom. The minimum absolute atomic E-state index is 0.136. The molecule has 2 aromatic carbocycles. The van der Waals surface area contributed by atoms with Crippen LogP contribution < -0.4 is 5.32 Å². The highest BCUT2D eigenvalue weighted by Crippen LogP contribution is 2.24. The van der Waals surface area contributed by atoms with Gasteiger partial charge in [-0.05, 0) is 37.1 Å². The molecule has 1 unspecified atom stereocenters. The fraction of sp³-hybridized carbons (Fsp3) is 0.235. The summed E-state index contributed by atoms with van der Waals surface area (Å²) in [5, 5.41) is 4.30. The standard InChI is InChI=1S/C17H17BrClNO/c1-12-8-9-13(10-15(12)19)16(21)20-17(2,11-18)14-6-4-3-5-7-14/h3-10H,11H2,1-2H3,(H,20,21).